The number of nitrogens with zero attached hydrogens (tertiary/aromatic N) is 2. The predicted molar refractivity (Wildman–Crippen MR) is 81.3 cm³/mol. The smallest absolute Gasteiger partial charge is 0.314 e. The van der Waals surface area contributed by atoms with Gasteiger partial charge in [-0.2, -0.15) is 0 Å². The minimum atomic E-state index is -0.533. The number of likely N-dealkylation sites (tertiary alicyclic amines) is 1. The van der Waals surface area contributed by atoms with E-state index in [2.05, 4.69) is 5.16 Å². The van der Waals surface area contributed by atoms with E-state index in [-0.39, 0.29) is 36.8 Å². The topological polar surface area (TPSA) is 81.9 Å². The summed E-state index contributed by atoms with van der Waals surface area (Å²) in [5.41, 5.74) is 0.891. The molecular formula is C17H16N2O5. The fourth-order valence-corrected chi connectivity index (χ4v) is 3.43. The summed E-state index contributed by atoms with van der Waals surface area (Å²) in [5, 5.41) is 3.58. The molecule has 0 bridgehead atoms. The van der Waals surface area contributed by atoms with Crippen LogP contribution in [0.1, 0.15) is 29.1 Å². The summed E-state index contributed by atoms with van der Waals surface area (Å²) in [6.07, 6.45) is 0.969. The second-order valence-electron chi connectivity index (χ2n) is 5.76. The van der Waals surface area contributed by atoms with Crippen molar-refractivity contribution in [1.82, 2.24) is 10.1 Å². The lowest BCUT2D eigenvalue weighted by atomic mass is 9.99. The third kappa shape index (κ3) is 2.16. The van der Waals surface area contributed by atoms with E-state index in [1.807, 2.05) is 24.3 Å². The maximum Gasteiger partial charge on any atom is 0.314 e. The summed E-state index contributed by atoms with van der Waals surface area (Å²) >= 11 is 0. The lowest BCUT2D eigenvalue weighted by molar-refractivity contribution is -0.149. The molecule has 4 rings (SSSR count). The zero-order valence-electron chi connectivity index (χ0n) is 13.0. The van der Waals surface area contributed by atoms with Crippen LogP contribution in [-0.4, -0.2) is 41.2 Å². The Balaban J connectivity index is 1.71. The molecule has 0 spiro atoms. The normalized spacial score (nSPS) is 24.2. The van der Waals surface area contributed by atoms with Gasteiger partial charge in [0.1, 0.15) is 17.8 Å². The molecule has 2 aliphatic heterocycles. The van der Waals surface area contributed by atoms with Crippen LogP contribution in [-0.2, 0) is 9.53 Å². The molecule has 7 heteroatoms. The number of carbonyl (C=O) groups is 2. The lowest BCUT2D eigenvalue weighted by Crippen LogP contribution is -2.32. The monoisotopic (exact) mass is 328 g/mol. The van der Waals surface area contributed by atoms with E-state index < -0.39 is 12.0 Å². The number of esters is 1. The van der Waals surface area contributed by atoms with Crippen molar-refractivity contribution in [3.8, 4) is 5.75 Å². The minimum Gasteiger partial charge on any atom is -0.487 e. The van der Waals surface area contributed by atoms with Crippen LogP contribution in [0.2, 0.25) is 0 Å². The van der Waals surface area contributed by atoms with E-state index in [1.54, 1.807) is 11.8 Å². The highest BCUT2D eigenvalue weighted by molar-refractivity contribution is 5.93. The van der Waals surface area contributed by atoms with Crippen LogP contribution in [0.3, 0.4) is 0 Å². The second kappa shape index (κ2) is 5.67. The average molecular weight is 328 g/mol. The number of amides is 1. The largest absolute Gasteiger partial charge is 0.487 e. The first-order valence-corrected chi connectivity index (χ1v) is 7.84. The Morgan fingerprint density at radius 2 is 2.17 bits per heavy atom. The Kier molecular flexibility index (Phi) is 3.48. The molecule has 1 aromatic heterocycles. The van der Waals surface area contributed by atoms with Gasteiger partial charge >= 0.3 is 5.97 Å². The van der Waals surface area contributed by atoms with E-state index in [1.165, 1.54) is 12.3 Å². The fourth-order valence-electron chi connectivity index (χ4n) is 3.43. The summed E-state index contributed by atoms with van der Waals surface area (Å²) in [4.78, 5) is 26.7. The van der Waals surface area contributed by atoms with E-state index >= 15 is 0 Å². The highest BCUT2D eigenvalue weighted by atomic mass is 16.5. The van der Waals surface area contributed by atoms with E-state index in [0.29, 0.717) is 5.75 Å². The van der Waals surface area contributed by atoms with E-state index in [0.717, 1.165) is 5.56 Å². The maximum atomic E-state index is 12.8. The fraction of sp³-hybridized carbons (Fsp3) is 0.353. The van der Waals surface area contributed by atoms with Gasteiger partial charge in [0.25, 0.3) is 5.91 Å². The quantitative estimate of drug-likeness (QED) is 0.799. The van der Waals surface area contributed by atoms with Crippen LogP contribution in [0.15, 0.2) is 41.1 Å². The summed E-state index contributed by atoms with van der Waals surface area (Å²) in [7, 11) is 0. The van der Waals surface area contributed by atoms with Crippen molar-refractivity contribution >= 4 is 11.9 Å². The lowest BCUT2D eigenvalue weighted by Gasteiger charge is -2.21. The molecule has 124 valence electrons. The van der Waals surface area contributed by atoms with Gasteiger partial charge in [0.15, 0.2) is 0 Å². The van der Waals surface area contributed by atoms with Gasteiger partial charge in [-0.05, 0) is 13.0 Å². The van der Waals surface area contributed by atoms with Crippen molar-refractivity contribution in [2.24, 2.45) is 5.92 Å². The Hall–Kier alpha value is -2.83. The van der Waals surface area contributed by atoms with Gasteiger partial charge < -0.3 is 18.9 Å². The summed E-state index contributed by atoms with van der Waals surface area (Å²) in [6.45, 7) is 2.27. The van der Waals surface area contributed by atoms with Gasteiger partial charge in [0, 0.05) is 18.2 Å². The molecular weight excluding hydrogens is 312 g/mol. The van der Waals surface area contributed by atoms with Gasteiger partial charge in [0.05, 0.1) is 18.8 Å². The number of rotatable bonds is 3. The van der Waals surface area contributed by atoms with Crippen LogP contribution < -0.4 is 4.74 Å². The molecule has 0 N–H and O–H groups in total. The van der Waals surface area contributed by atoms with Crippen LogP contribution in [0.5, 0.6) is 5.75 Å². The molecule has 0 radical (unpaired) electrons. The van der Waals surface area contributed by atoms with Crippen molar-refractivity contribution in [3.63, 3.8) is 0 Å². The third-order valence-electron chi connectivity index (χ3n) is 4.44. The first kappa shape index (κ1) is 14.7. The summed E-state index contributed by atoms with van der Waals surface area (Å²) in [6, 6.07) is 8.67. The predicted octanol–water partition coefficient (Wildman–Crippen LogP) is 1.81. The molecule has 2 aromatic rings. The standard InChI is InChI=1S/C17H16N2O5/c1-2-22-17(21)11-9-19(16(20)13-7-8-18-24-13)14-10-5-3-4-6-12(10)23-15(11)14/h3-8,11,14-15H,2,9H2,1H3/t11-,14+,15+/m1/s1. The van der Waals surface area contributed by atoms with Crippen molar-refractivity contribution in [2.45, 2.75) is 19.1 Å². The van der Waals surface area contributed by atoms with Gasteiger partial charge in [-0.15, -0.1) is 0 Å². The zero-order chi connectivity index (χ0) is 16.7. The van der Waals surface area contributed by atoms with Crippen molar-refractivity contribution in [1.29, 1.82) is 0 Å². The molecule has 1 aromatic carbocycles. The molecule has 0 saturated carbocycles. The first-order chi connectivity index (χ1) is 11.7. The molecule has 24 heavy (non-hydrogen) atoms. The van der Waals surface area contributed by atoms with E-state index in [9.17, 15) is 9.59 Å². The third-order valence-corrected chi connectivity index (χ3v) is 4.44. The summed E-state index contributed by atoms with van der Waals surface area (Å²) in [5.74, 6) is -0.364. The number of para-hydroxylation sites is 1. The van der Waals surface area contributed by atoms with Gasteiger partial charge in [-0.1, -0.05) is 23.4 Å². The highest BCUT2D eigenvalue weighted by Gasteiger charge is 2.54. The minimum absolute atomic E-state index is 0.141. The Morgan fingerprint density at radius 1 is 1.33 bits per heavy atom. The first-order valence-electron chi connectivity index (χ1n) is 7.84. The molecule has 7 nitrogen and oxygen atoms in total. The molecule has 2 aliphatic rings. The molecule has 0 aliphatic carbocycles. The van der Waals surface area contributed by atoms with Crippen LogP contribution >= 0.6 is 0 Å². The molecule has 3 heterocycles. The number of hydrogen-bond acceptors (Lipinski definition) is 6. The van der Waals surface area contributed by atoms with Crippen LogP contribution in [0, 0.1) is 5.92 Å². The SMILES string of the molecule is CCOC(=O)[C@@H]1CN(C(=O)c2ccno2)[C@H]2c3ccccc3O[C@@H]12. The molecule has 1 saturated heterocycles. The zero-order valence-corrected chi connectivity index (χ0v) is 13.0. The Morgan fingerprint density at radius 3 is 2.92 bits per heavy atom. The van der Waals surface area contributed by atoms with Gasteiger partial charge in [0.2, 0.25) is 5.76 Å². The molecule has 3 atom stereocenters. The molecule has 1 fully saturated rings. The number of fused-ring (bicyclic) bond motifs is 3. The number of carbonyl (C=O) groups excluding carboxylic acids is 2. The Bertz CT molecular complexity index is 773. The molecule has 0 unspecified atom stereocenters. The van der Waals surface area contributed by atoms with E-state index in [4.69, 9.17) is 14.0 Å². The van der Waals surface area contributed by atoms with Crippen LogP contribution in [0.25, 0.3) is 0 Å². The number of aromatic nitrogens is 1. The molecule has 1 amide bonds. The number of hydrogen-bond donors (Lipinski definition) is 0. The van der Waals surface area contributed by atoms with Gasteiger partial charge in [-0.25, -0.2) is 0 Å². The van der Waals surface area contributed by atoms with Crippen LogP contribution in [0.4, 0.5) is 0 Å². The van der Waals surface area contributed by atoms with Crippen molar-refractivity contribution in [3.05, 3.63) is 47.9 Å². The second-order valence-corrected chi connectivity index (χ2v) is 5.76. The summed E-state index contributed by atoms with van der Waals surface area (Å²) < 4.78 is 16.1. The number of ether oxygens (including phenoxy) is 2. The van der Waals surface area contributed by atoms with Crippen molar-refractivity contribution in [2.75, 3.05) is 13.2 Å². The highest BCUT2D eigenvalue weighted by Crippen LogP contribution is 2.48. The number of benzene rings is 1. The Labute approximate surface area is 138 Å². The average Bonchev–Trinajstić information content (AvgIpc) is 3.30. The van der Waals surface area contributed by atoms with Gasteiger partial charge in [-0.3, -0.25) is 9.59 Å². The van der Waals surface area contributed by atoms with Crippen molar-refractivity contribution < 1.29 is 23.6 Å². The maximum absolute atomic E-state index is 12.8.